The van der Waals surface area contributed by atoms with Crippen LogP contribution in [-0.4, -0.2) is 80.1 Å². The summed E-state index contributed by atoms with van der Waals surface area (Å²) < 4.78 is 5.57. The Hall–Kier alpha value is -1.96. The van der Waals surface area contributed by atoms with E-state index in [9.17, 15) is 9.59 Å². The van der Waals surface area contributed by atoms with Gasteiger partial charge in [0.1, 0.15) is 5.75 Å². The Morgan fingerprint density at radius 3 is 2.38 bits per heavy atom. The van der Waals surface area contributed by atoms with Gasteiger partial charge in [-0.05, 0) is 56.7 Å². The van der Waals surface area contributed by atoms with Crippen LogP contribution in [0.5, 0.6) is 5.75 Å². The summed E-state index contributed by atoms with van der Waals surface area (Å²) in [6, 6.07) is 6.75. The Morgan fingerprint density at radius 1 is 1.03 bits per heavy atom. The Balaban J connectivity index is 1.43. The number of hydrogen-bond donors (Lipinski definition) is 1. The Kier molecular flexibility index (Phi) is 8.03. The molecule has 0 bridgehead atoms. The fraction of sp³-hybridized carbons (Fsp3) is 0.636. The monoisotopic (exact) mass is 402 g/mol. The predicted molar refractivity (Wildman–Crippen MR) is 114 cm³/mol. The second-order valence-corrected chi connectivity index (χ2v) is 7.75. The van der Waals surface area contributed by atoms with Crippen LogP contribution in [0.3, 0.4) is 0 Å². The zero-order valence-electron chi connectivity index (χ0n) is 17.7. The standard InChI is InChI=1S/C22H34N4O3/c1-3-16-29-19-8-6-18(7-9-19)26-21(27)17-20(22(26)28)23-10-5-11-25-14-12-24(4-2)13-15-25/h6-9,20,23H,3-5,10-17H2,1-2H3/t20-/m1/s1. The van der Waals surface area contributed by atoms with Gasteiger partial charge < -0.3 is 19.9 Å². The minimum Gasteiger partial charge on any atom is -0.494 e. The number of rotatable bonds is 10. The SMILES string of the molecule is CCCOc1ccc(N2C(=O)C[C@@H](NCCCN3CCN(CC)CC3)C2=O)cc1. The van der Waals surface area contributed by atoms with Gasteiger partial charge in [-0.1, -0.05) is 13.8 Å². The molecular weight excluding hydrogens is 368 g/mol. The van der Waals surface area contributed by atoms with Crippen molar-refractivity contribution in [3.8, 4) is 5.75 Å². The van der Waals surface area contributed by atoms with Crippen molar-refractivity contribution in [3.05, 3.63) is 24.3 Å². The van der Waals surface area contributed by atoms with Crippen LogP contribution in [0.2, 0.25) is 0 Å². The molecule has 0 spiro atoms. The first-order valence-electron chi connectivity index (χ1n) is 10.9. The fourth-order valence-corrected chi connectivity index (χ4v) is 3.88. The van der Waals surface area contributed by atoms with Crippen LogP contribution >= 0.6 is 0 Å². The molecule has 2 aliphatic rings. The molecule has 1 aromatic carbocycles. The normalized spacial score (nSPS) is 21.2. The van der Waals surface area contributed by atoms with Crippen LogP contribution in [0.4, 0.5) is 5.69 Å². The lowest BCUT2D eigenvalue weighted by atomic mass is 10.2. The smallest absolute Gasteiger partial charge is 0.251 e. The van der Waals surface area contributed by atoms with Crippen LogP contribution in [0.1, 0.15) is 33.1 Å². The van der Waals surface area contributed by atoms with Crippen molar-refractivity contribution in [2.75, 3.05) is 57.3 Å². The van der Waals surface area contributed by atoms with Gasteiger partial charge in [0.15, 0.2) is 0 Å². The molecule has 29 heavy (non-hydrogen) atoms. The Morgan fingerprint density at radius 2 is 1.72 bits per heavy atom. The van der Waals surface area contributed by atoms with Crippen molar-refractivity contribution in [2.45, 2.75) is 39.2 Å². The zero-order chi connectivity index (χ0) is 20.6. The largest absolute Gasteiger partial charge is 0.494 e. The summed E-state index contributed by atoms with van der Waals surface area (Å²) in [6.45, 7) is 12.3. The topological polar surface area (TPSA) is 65.1 Å². The van der Waals surface area contributed by atoms with E-state index >= 15 is 0 Å². The van der Waals surface area contributed by atoms with Gasteiger partial charge in [-0.25, -0.2) is 4.90 Å². The molecule has 2 fully saturated rings. The van der Waals surface area contributed by atoms with Gasteiger partial charge in [0.25, 0.3) is 5.91 Å². The highest BCUT2D eigenvalue weighted by atomic mass is 16.5. The number of ether oxygens (including phenoxy) is 1. The highest BCUT2D eigenvalue weighted by Gasteiger charge is 2.39. The van der Waals surface area contributed by atoms with Crippen LogP contribution in [0, 0.1) is 0 Å². The van der Waals surface area contributed by atoms with E-state index in [0.29, 0.717) is 12.3 Å². The molecule has 1 aromatic rings. The van der Waals surface area contributed by atoms with Gasteiger partial charge in [0, 0.05) is 26.2 Å². The third kappa shape index (κ3) is 5.78. The summed E-state index contributed by atoms with van der Waals surface area (Å²) in [5.41, 5.74) is 0.613. The first-order chi connectivity index (χ1) is 14.1. The number of piperazine rings is 1. The number of carbonyl (C=O) groups excluding carboxylic acids is 2. The maximum atomic E-state index is 12.7. The quantitative estimate of drug-likeness (QED) is 0.475. The maximum absolute atomic E-state index is 12.7. The van der Waals surface area contributed by atoms with Crippen LogP contribution < -0.4 is 15.0 Å². The lowest BCUT2D eigenvalue weighted by Gasteiger charge is -2.34. The molecule has 0 aliphatic carbocycles. The van der Waals surface area contributed by atoms with Crippen molar-refractivity contribution >= 4 is 17.5 Å². The van der Waals surface area contributed by atoms with E-state index in [2.05, 4.69) is 29.0 Å². The lowest BCUT2D eigenvalue weighted by molar-refractivity contribution is -0.121. The van der Waals surface area contributed by atoms with E-state index in [4.69, 9.17) is 4.74 Å². The number of carbonyl (C=O) groups is 2. The molecule has 0 radical (unpaired) electrons. The summed E-state index contributed by atoms with van der Waals surface area (Å²) in [5.74, 6) is 0.448. The van der Waals surface area contributed by atoms with E-state index in [1.807, 2.05) is 12.1 Å². The van der Waals surface area contributed by atoms with Gasteiger partial charge in [0.2, 0.25) is 5.91 Å². The molecule has 0 aromatic heterocycles. The van der Waals surface area contributed by atoms with Gasteiger partial charge in [-0.15, -0.1) is 0 Å². The Labute approximate surface area is 174 Å². The molecule has 1 atom stereocenters. The van der Waals surface area contributed by atoms with Crippen LogP contribution in [0.15, 0.2) is 24.3 Å². The Bertz CT molecular complexity index is 671. The molecule has 1 N–H and O–H groups in total. The van der Waals surface area contributed by atoms with Crippen molar-refractivity contribution in [3.63, 3.8) is 0 Å². The molecule has 2 heterocycles. The van der Waals surface area contributed by atoms with Crippen LogP contribution in [0.25, 0.3) is 0 Å². The molecule has 7 heteroatoms. The minimum absolute atomic E-state index is 0.148. The third-order valence-corrected chi connectivity index (χ3v) is 5.67. The van der Waals surface area contributed by atoms with Crippen molar-refractivity contribution in [1.29, 1.82) is 0 Å². The highest BCUT2D eigenvalue weighted by molar-refractivity contribution is 6.22. The van der Waals surface area contributed by atoms with Crippen molar-refractivity contribution in [2.24, 2.45) is 0 Å². The third-order valence-electron chi connectivity index (χ3n) is 5.67. The molecule has 2 amide bonds. The van der Waals surface area contributed by atoms with Crippen molar-refractivity contribution < 1.29 is 14.3 Å². The lowest BCUT2D eigenvalue weighted by Crippen LogP contribution is -2.47. The van der Waals surface area contributed by atoms with Crippen molar-refractivity contribution in [1.82, 2.24) is 15.1 Å². The molecule has 2 saturated heterocycles. The number of anilines is 1. The number of nitrogens with one attached hydrogen (secondary N) is 1. The maximum Gasteiger partial charge on any atom is 0.251 e. The fourth-order valence-electron chi connectivity index (χ4n) is 3.88. The van der Waals surface area contributed by atoms with Gasteiger partial charge in [-0.2, -0.15) is 0 Å². The average Bonchev–Trinajstić information content (AvgIpc) is 3.03. The second-order valence-electron chi connectivity index (χ2n) is 7.75. The molecule has 0 saturated carbocycles. The van der Waals surface area contributed by atoms with E-state index in [1.165, 1.54) is 4.90 Å². The number of imide groups is 1. The average molecular weight is 403 g/mol. The number of likely N-dealkylation sites (N-methyl/N-ethyl adjacent to an activating group) is 1. The van der Waals surface area contributed by atoms with E-state index in [-0.39, 0.29) is 18.2 Å². The van der Waals surface area contributed by atoms with E-state index < -0.39 is 6.04 Å². The molecule has 160 valence electrons. The number of nitrogens with zero attached hydrogens (tertiary/aromatic N) is 3. The summed E-state index contributed by atoms with van der Waals surface area (Å²) in [5, 5.41) is 3.29. The van der Waals surface area contributed by atoms with Gasteiger partial charge >= 0.3 is 0 Å². The zero-order valence-corrected chi connectivity index (χ0v) is 17.7. The van der Waals surface area contributed by atoms with E-state index in [1.54, 1.807) is 12.1 Å². The molecule has 3 rings (SSSR count). The number of benzene rings is 1. The van der Waals surface area contributed by atoms with E-state index in [0.717, 1.165) is 64.4 Å². The molecule has 7 nitrogen and oxygen atoms in total. The van der Waals surface area contributed by atoms with Gasteiger partial charge in [0.05, 0.1) is 24.8 Å². The summed E-state index contributed by atoms with van der Waals surface area (Å²) >= 11 is 0. The first-order valence-corrected chi connectivity index (χ1v) is 10.9. The first kappa shape index (κ1) is 21.7. The summed E-state index contributed by atoms with van der Waals surface area (Å²) in [6.07, 6.45) is 2.14. The number of hydrogen-bond acceptors (Lipinski definition) is 6. The molecular formula is C22H34N4O3. The predicted octanol–water partition coefficient (Wildman–Crippen LogP) is 1.72. The number of amides is 2. The highest BCUT2D eigenvalue weighted by Crippen LogP contribution is 2.25. The second kappa shape index (κ2) is 10.7. The molecule has 2 aliphatic heterocycles. The van der Waals surface area contributed by atoms with Gasteiger partial charge in [-0.3, -0.25) is 9.59 Å². The minimum atomic E-state index is -0.421. The van der Waals surface area contributed by atoms with Crippen LogP contribution in [-0.2, 0) is 9.59 Å². The summed E-state index contributed by atoms with van der Waals surface area (Å²) in [4.78, 5) is 31.4. The molecule has 0 unspecified atom stereocenters. The summed E-state index contributed by atoms with van der Waals surface area (Å²) in [7, 11) is 0.